The van der Waals surface area contributed by atoms with Gasteiger partial charge in [-0.05, 0) is 20.0 Å². The minimum Gasteiger partial charge on any atom is -0.360 e. The molecule has 1 aliphatic rings. The van der Waals surface area contributed by atoms with Gasteiger partial charge in [-0.15, -0.1) is 0 Å². The standard InChI is InChI=1S/C8H17NO/c1-4-9(5-2)8-6-7(3)10-8/h7-8H,4-6H2,1-3H3. The predicted molar refractivity (Wildman–Crippen MR) is 41.9 cm³/mol. The van der Waals surface area contributed by atoms with Gasteiger partial charge in [-0.2, -0.15) is 0 Å². The second kappa shape index (κ2) is 3.35. The summed E-state index contributed by atoms with van der Waals surface area (Å²) >= 11 is 0. The summed E-state index contributed by atoms with van der Waals surface area (Å²) < 4.78 is 5.51. The van der Waals surface area contributed by atoms with Crippen LogP contribution < -0.4 is 0 Å². The van der Waals surface area contributed by atoms with Crippen LogP contribution in [0.4, 0.5) is 0 Å². The van der Waals surface area contributed by atoms with Crippen LogP contribution in [0.2, 0.25) is 0 Å². The fourth-order valence-corrected chi connectivity index (χ4v) is 1.41. The van der Waals surface area contributed by atoms with E-state index in [2.05, 4.69) is 25.7 Å². The van der Waals surface area contributed by atoms with Crippen molar-refractivity contribution in [3.05, 3.63) is 0 Å². The summed E-state index contributed by atoms with van der Waals surface area (Å²) in [6.07, 6.45) is 2.12. The second-order valence-corrected chi connectivity index (χ2v) is 2.86. The van der Waals surface area contributed by atoms with Crippen LogP contribution >= 0.6 is 0 Å². The van der Waals surface area contributed by atoms with E-state index in [0.717, 1.165) is 13.1 Å². The van der Waals surface area contributed by atoms with E-state index in [1.165, 1.54) is 6.42 Å². The predicted octanol–water partition coefficient (Wildman–Crippen LogP) is 1.46. The Morgan fingerprint density at radius 2 is 1.90 bits per heavy atom. The maximum Gasteiger partial charge on any atom is 0.113 e. The number of rotatable bonds is 3. The zero-order chi connectivity index (χ0) is 7.56. The molecule has 0 saturated carbocycles. The first kappa shape index (κ1) is 8.02. The fraction of sp³-hybridized carbons (Fsp3) is 1.00. The summed E-state index contributed by atoms with van der Waals surface area (Å²) in [6, 6.07) is 0. The van der Waals surface area contributed by atoms with Crippen molar-refractivity contribution in [1.29, 1.82) is 0 Å². The highest BCUT2D eigenvalue weighted by Crippen LogP contribution is 2.22. The molecule has 0 aromatic rings. The third kappa shape index (κ3) is 1.50. The molecule has 0 aromatic carbocycles. The van der Waals surface area contributed by atoms with Gasteiger partial charge < -0.3 is 4.74 Å². The fourth-order valence-electron chi connectivity index (χ4n) is 1.41. The van der Waals surface area contributed by atoms with Crippen molar-refractivity contribution in [3.63, 3.8) is 0 Å². The molecule has 10 heavy (non-hydrogen) atoms. The molecule has 1 saturated heterocycles. The van der Waals surface area contributed by atoms with Crippen LogP contribution in [-0.2, 0) is 4.74 Å². The van der Waals surface area contributed by atoms with Gasteiger partial charge in [-0.25, -0.2) is 0 Å². The molecule has 2 unspecified atom stereocenters. The molecular formula is C8H17NO. The molecule has 0 radical (unpaired) electrons. The highest BCUT2D eigenvalue weighted by molar-refractivity contribution is 4.73. The number of ether oxygens (including phenoxy) is 1. The molecule has 0 bridgehead atoms. The Kier molecular flexibility index (Phi) is 2.69. The lowest BCUT2D eigenvalue weighted by Crippen LogP contribution is -2.48. The Morgan fingerprint density at radius 3 is 2.20 bits per heavy atom. The molecule has 2 atom stereocenters. The van der Waals surface area contributed by atoms with Crippen molar-refractivity contribution in [3.8, 4) is 0 Å². The van der Waals surface area contributed by atoms with Crippen LogP contribution in [-0.4, -0.2) is 30.3 Å². The third-order valence-electron chi connectivity index (χ3n) is 2.14. The molecule has 2 nitrogen and oxygen atoms in total. The largest absolute Gasteiger partial charge is 0.360 e. The molecule has 0 spiro atoms. The van der Waals surface area contributed by atoms with Gasteiger partial charge in [0.15, 0.2) is 0 Å². The van der Waals surface area contributed by atoms with Gasteiger partial charge in [0.05, 0.1) is 6.10 Å². The smallest absolute Gasteiger partial charge is 0.113 e. The summed E-state index contributed by atoms with van der Waals surface area (Å²) in [4.78, 5) is 2.35. The molecule has 0 aliphatic carbocycles. The molecule has 1 heterocycles. The van der Waals surface area contributed by atoms with Crippen molar-refractivity contribution in [2.75, 3.05) is 13.1 Å². The van der Waals surface area contributed by atoms with E-state index in [9.17, 15) is 0 Å². The average molecular weight is 143 g/mol. The van der Waals surface area contributed by atoms with Crippen LogP contribution in [0.5, 0.6) is 0 Å². The third-order valence-corrected chi connectivity index (χ3v) is 2.14. The summed E-state index contributed by atoms with van der Waals surface area (Å²) in [5.41, 5.74) is 0. The first-order valence-electron chi connectivity index (χ1n) is 4.17. The van der Waals surface area contributed by atoms with Crippen molar-refractivity contribution in [2.24, 2.45) is 0 Å². The van der Waals surface area contributed by atoms with Crippen LogP contribution in [0.25, 0.3) is 0 Å². The lowest BCUT2D eigenvalue weighted by atomic mass is 10.1. The van der Waals surface area contributed by atoms with E-state index >= 15 is 0 Å². The van der Waals surface area contributed by atoms with Gasteiger partial charge in [0, 0.05) is 6.42 Å². The SMILES string of the molecule is CCN(CC)C1CC(C)O1. The summed E-state index contributed by atoms with van der Waals surface area (Å²) in [5, 5.41) is 0. The molecule has 0 amide bonds. The molecule has 1 aliphatic heterocycles. The zero-order valence-electron chi connectivity index (χ0n) is 7.13. The van der Waals surface area contributed by atoms with E-state index in [1.54, 1.807) is 0 Å². The van der Waals surface area contributed by atoms with Crippen molar-refractivity contribution < 1.29 is 4.74 Å². The van der Waals surface area contributed by atoms with Gasteiger partial charge in [-0.3, -0.25) is 4.90 Å². The molecular weight excluding hydrogens is 126 g/mol. The van der Waals surface area contributed by atoms with Gasteiger partial charge in [-0.1, -0.05) is 13.8 Å². The molecule has 0 N–H and O–H groups in total. The van der Waals surface area contributed by atoms with E-state index in [1.807, 2.05) is 0 Å². The Hall–Kier alpha value is -0.0800. The Bertz CT molecular complexity index is 95.4. The van der Waals surface area contributed by atoms with Gasteiger partial charge in [0.2, 0.25) is 0 Å². The summed E-state index contributed by atoms with van der Waals surface area (Å²) in [7, 11) is 0. The maximum atomic E-state index is 5.51. The van der Waals surface area contributed by atoms with Gasteiger partial charge >= 0.3 is 0 Å². The van der Waals surface area contributed by atoms with E-state index in [4.69, 9.17) is 4.74 Å². The Morgan fingerprint density at radius 1 is 1.40 bits per heavy atom. The highest BCUT2D eigenvalue weighted by atomic mass is 16.5. The summed E-state index contributed by atoms with van der Waals surface area (Å²) in [6.45, 7) is 8.69. The zero-order valence-corrected chi connectivity index (χ0v) is 7.13. The van der Waals surface area contributed by atoms with Crippen LogP contribution in [0.15, 0.2) is 0 Å². The first-order chi connectivity index (χ1) is 4.77. The lowest BCUT2D eigenvalue weighted by Gasteiger charge is -2.40. The summed E-state index contributed by atoms with van der Waals surface area (Å²) in [5.74, 6) is 0. The minimum atomic E-state index is 0.421. The van der Waals surface area contributed by atoms with Crippen LogP contribution in [0.3, 0.4) is 0 Å². The van der Waals surface area contributed by atoms with Crippen molar-refractivity contribution in [2.45, 2.75) is 39.5 Å². The normalized spacial score (nSPS) is 32.4. The monoisotopic (exact) mass is 143 g/mol. The first-order valence-corrected chi connectivity index (χ1v) is 4.17. The molecule has 2 heteroatoms. The molecule has 1 rings (SSSR count). The van der Waals surface area contributed by atoms with Gasteiger partial charge in [0.1, 0.15) is 6.23 Å². The highest BCUT2D eigenvalue weighted by Gasteiger charge is 2.29. The quantitative estimate of drug-likeness (QED) is 0.593. The Balaban J connectivity index is 2.21. The maximum absolute atomic E-state index is 5.51. The van der Waals surface area contributed by atoms with Gasteiger partial charge in [0.25, 0.3) is 0 Å². The van der Waals surface area contributed by atoms with E-state index in [-0.39, 0.29) is 0 Å². The van der Waals surface area contributed by atoms with Crippen LogP contribution in [0.1, 0.15) is 27.2 Å². The lowest BCUT2D eigenvalue weighted by molar-refractivity contribution is -0.187. The number of hydrogen-bond donors (Lipinski definition) is 0. The average Bonchev–Trinajstić information content (AvgIpc) is 1.87. The molecule has 1 fully saturated rings. The van der Waals surface area contributed by atoms with Crippen LogP contribution in [0, 0.1) is 0 Å². The minimum absolute atomic E-state index is 0.421. The van der Waals surface area contributed by atoms with E-state index < -0.39 is 0 Å². The number of hydrogen-bond acceptors (Lipinski definition) is 2. The van der Waals surface area contributed by atoms with Crippen molar-refractivity contribution in [1.82, 2.24) is 4.90 Å². The van der Waals surface area contributed by atoms with Crippen molar-refractivity contribution >= 4 is 0 Å². The number of nitrogens with zero attached hydrogens (tertiary/aromatic N) is 1. The Labute approximate surface area is 63.2 Å². The topological polar surface area (TPSA) is 12.5 Å². The second-order valence-electron chi connectivity index (χ2n) is 2.86. The van der Waals surface area contributed by atoms with E-state index in [0.29, 0.717) is 12.3 Å². The molecule has 0 aromatic heterocycles. The molecule has 60 valence electrons.